The lowest BCUT2D eigenvalue weighted by Gasteiger charge is -2.40. The van der Waals surface area contributed by atoms with Crippen LogP contribution in [0.2, 0.25) is 0 Å². The first-order valence-electron chi connectivity index (χ1n) is 5.23. The van der Waals surface area contributed by atoms with Gasteiger partial charge in [-0.05, 0) is 32.2 Å². The molecule has 0 amide bonds. The molecule has 13 heavy (non-hydrogen) atoms. The van der Waals surface area contributed by atoms with Gasteiger partial charge in [-0.1, -0.05) is 0 Å². The molecule has 3 atom stereocenters. The zero-order valence-electron chi connectivity index (χ0n) is 8.28. The molecule has 0 aromatic heterocycles. The zero-order chi connectivity index (χ0) is 9.26. The smallest absolute Gasteiger partial charge is 0.0695 e. The van der Waals surface area contributed by atoms with Crippen LogP contribution in [0.15, 0.2) is 0 Å². The van der Waals surface area contributed by atoms with Gasteiger partial charge in [0.1, 0.15) is 0 Å². The van der Waals surface area contributed by atoms with Crippen molar-refractivity contribution in [1.29, 1.82) is 0 Å². The van der Waals surface area contributed by atoms with Crippen molar-refractivity contribution in [2.45, 2.75) is 31.4 Å². The number of aliphatic hydroxyl groups excluding tert-OH is 1. The third-order valence-corrected chi connectivity index (χ3v) is 3.34. The summed E-state index contributed by atoms with van der Waals surface area (Å²) < 4.78 is 5.33. The molecule has 2 aliphatic rings. The van der Waals surface area contributed by atoms with Gasteiger partial charge in [-0.25, -0.2) is 0 Å². The molecule has 3 unspecified atom stereocenters. The van der Waals surface area contributed by atoms with Gasteiger partial charge in [-0.2, -0.15) is 0 Å². The van der Waals surface area contributed by atoms with Crippen LogP contribution in [0.4, 0.5) is 0 Å². The van der Waals surface area contributed by atoms with Crippen molar-refractivity contribution < 1.29 is 9.84 Å². The van der Waals surface area contributed by atoms with E-state index in [-0.39, 0.29) is 6.10 Å². The number of ether oxygens (including phenoxy) is 1. The molecule has 2 fully saturated rings. The number of hydrogen-bond donors (Lipinski definition) is 1. The molecule has 0 aromatic rings. The van der Waals surface area contributed by atoms with Crippen molar-refractivity contribution in [2.24, 2.45) is 5.92 Å². The van der Waals surface area contributed by atoms with Crippen LogP contribution in [0.3, 0.4) is 0 Å². The fourth-order valence-electron chi connectivity index (χ4n) is 2.25. The highest BCUT2D eigenvalue weighted by Gasteiger charge is 2.33. The first-order valence-corrected chi connectivity index (χ1v) is 5.23. The summed E-state index contributed by atoms with van der Waals surface area (Å²) in [4.78, 5) is 2.30. The number of likely N-dealkylation sites (N-methyl/N-ethyl adjacent to an activating group) is 1. The van der Waals surface area contributed by atoms with Gasteiger partial charge in [-0.15, -0.1) is 0 Å². The van der Waals surface area contributed by atoms with Crippen LogP contribution in [-0.4, -0.2) is 49.0 Å². The quantitative estimate of drug-likeness (QED) is 0.694. The number of rotatable bonds is 3. The summed E-state index contributed by atoms with van der Waals surface area (Å²) in [5.74, 6) is 0.692. The van der Waals surface area contributed by atoms with Crippen LogP contribution >= 0.6 is 0 Å². The summed E-state index contributed by atoms with van der Waals surface area (Å²) in [6, 6.07) is 0.417. The van der Waals surface area contributed by atoms with E-state index in [0.717, 1.165) is 32.6 Å². The predicted molar refractivity (Wildman–Crippen MR) is 50.6 cm³/mol. The third kappa shape index (κ3) is 2.03. The van der Waals surface area contributed by atoms with Crippen LogP contribution in [0.1, 0.15) is 19.3 Å². The van der Waals surface area contributed by atoms with E-state index in [2.05, 4.69) is 11.9 Å². The van der Waals surface area contributed by atoms with Gasteiger partial charge in [0.2, 0.25) is 0 Å². The minimum absolute atomic E-state index is 0.0766. The summed E-state index contributed by atoms with van der Waals surface area (Å²) in [5.41, 5.74) is 0. The minimum atomic E-state index is -0.0766. The van der Waals surface area contributed by atoms with Gasteiger partial charge in [-0.3, -0.25) is 0 Å². The summed E-state index contributed by atoms with van der Waals surface area (Å²) in [6.07, 6.45) is 3.25. The molecule has 1 N–H and O–H groups in total. The van der Waals surface area contributed by atoms with Gasteiger partial charge < -0.3 is 14.7 Å². The highest BCUT2D eigenvalue weighted by Crippen LogP contribution is 2.26. The third-order valence-electron chi connectivity index (χ3n) is 3.34. The highest BCUT2D eigenvalue weighted by molar-refractivity contribution is 4.88. The van der Waals surface area contributed by atoms with Crippen LogP contribution in [-0.2, 0) is 4.74 Å². The monoisotopic (exact) mass is 185 g/mol. The second-order valence-corrected chi connectivity index (χ2v) is 4.38. The second kappa shape index (κ2) is 3.95. The molecular weight excluding hydrogens is 166 g/mol. The van der Waals surface area contributed by atoms with Gasteiger partial charge in [0.05, 0.1) is 12.7 Å². The van der Waals surface area contributed by atoms with Gasteiger partial charge in [0, 0.05) is 19.2 Å². The van der Waals surface area contributed by atoms with Crippen molar-refractivity contribution in [2.75, 3.05) is 26.8 Å². The Morgan fingerprint density at radius 1 is 1.38 bits per heavy atom. The Balaban J connectivity index is 1.73. The molecule has 0 radical (unpaired) electrons. The average molecular weight is 185 g/mol. The number of nitrogens with zero attached hydrogens (tertiary/aromatic N) is 1. The minimum Gasteiger partial charge on any atom is -0.391 e. The molecule has 1 heterocycles. The molecule has 3 nitrogen and oxygen atoms in total. The first-order chi connectivity index (χ1) is 6.27. The largest absolute Gasteiger partial charge is 0.391 e. The molecule has 76 valence electrons. The van der Waals surface area contributed by atoms with Crippen LogP contribution in [0.5, 0.6) is 0 Å². The molecular formula is C10H19NO2. The van der Waals surface area contributed by atoms with Crippen molar-refractivity contribution in [3.63, 3.8) is 0 Å². The van der Waals surface area contributed by atoms with Crippen molar-refractivity contribution in [3.8, 4) is 0 Å². The van der Waals surface area contributed by atoms with Crippen molar-refractivity contribution in [1.82, 2.24) is 4.90 Å². The molecule has 0 aromatic carbocycles. The van der Waals surface area contributed by atoms with Crippen LogP contribution < -0.4 is 0 Å². The summed E-state index contributed by atoms with van der Waals surface area (Å²) >= 11 is 0. The standard InChI is InChI=1S/C10H19NO2/c1-11(9-2-3-10(9)12)6-8-4-5-13-7-8/h8-10,12H,2-7H2,1H3. The maximum absolute atomic E-state index is 9.48. The lowest BCUT2D eigenvalue weighted by molar-refractivity contribution is -0.0155. The molecule has 3 heteroatoms. The topological polar surface area (TPSA) is 32.7 Å². The number of aliphatic hydroxyl groups is 1. The molecule has 0 spiro atoms. The van der Waals surface area contributed by atoms with E-state index in [1.54, 1.807) is 0 Å². The lowest BCUT2D eigenvalue weighted by atomic mass is 9.87. The molecule has 1 aliphatic heterocycles. The van der Waals surface area contributed by atoms with Crippen molar-refractivity contribution >= 4 is 0 Å². The maximum Gasteiger partial charge on any atom is 0.0695 e. The molecule has 0 bridgehead atoms. The number of hydrogen-bond acceptors (Lipinski definition) is 3. The van der Waals surface area contributed by atoms with E-state index < -0.39 is 0 Å². The summed E-state index contributed by atoms with van der Waals surface area (Å²) in [6.45, 7) is 2.92. The average Bonchev–Trinajstić information content (AvgIpc) is 2.54. The molecule has 1 saturated carbocycles. The summed E-state index contributed by atoms with van der Waals surface area (Å²) in [7, 11) is 2.12. The second-order valence-electron chi connectivity index (χ2n) is 4.38. The summed E-state index contributed by atoms with van der Waals surface area (Å²) in [5, 5.41) is 9.48. The van der Waals surface area contributed by atoms with Crippen LogP contribution in [0, 0.1) is 5.92 Å². The van der Waals surface area contributed by atoms with E-state index in [0.29, 0.717) is 12.0 Å². The van der Waals surface area contributed by atoms with E-state index in [9.17, 15) is 5.11 Å². The Morgan fingerprint density at radius 2 is 2.23 bits per heavy atom. The van der Waals surface area contributed by atoms with E-state index in [4.69, 9.17) is 4.74 Å². The first kappa shape index (κ1) is 9.44. The van der Waals surface area contributed by atoms with E-state index in [1.807, 2.05) is 0 Å². The fraction of sp³-hybridized carbons (Fsp3) is 1.00. The highest BCUT2D eigenvalue weighted by atomic mass is 16.5. The lowest BCUT2D eigenvalue weighted by Crippen LogP contribution is -2.50. The Hall–Kier alpha value is -0.120. The predicted octanol–water partition coefficient (Wildman–Crippen LogP) is 0.478. The Kier molecular flexibility index (Phi) is 2.86. The molecule has 1 saturated heterocycles. The Labute approximate surface area is 79.7 Å². The van der Waals surface area contributed by atoms with E-state index in [1.165, 1.54) is 6.42 Å². The van der Waals surface area contributed by atoms with E-state index >= 15 is 0 Å². The van der Waals surface area contributed by atoms with Crippen molar-refractivity contribution in [3.05, 3.63) is 0 Å². The Bertz CT molecular complexity index is 168. The van der Waals surface area contributed by atoms with Gasteiger partial charge in [0.25, 0.3) is 0 Å². The fourth-order valence-corrected chi connectivity index (χ4v) is 2.25. The van der Waals surface area contributed by atoms with Crippen LogP contribution in [0.25, 0.3) is 0 Å². The maximum atomic E-state index is 9.48. The molecule has 2 rings (SSSR count). The SMILES string of the molecule is CN(CC1CCOC1)C1CCC1O. The van der Waals surface area contributed by atoms with Gasteiger partial charge >= 0.3 is 0 Å². The molecule has 1 aliphatic carbocycles. The normalized spacial score (nSPS) is 39.5. The van der Waals surface area contributed by atoms with Gasteiger partial charge in [0.15, 0.2) is 0 Å². The Morgan fingerprint density at radius 3 is 2.69 bits per heavy atom. The zero-order valence-corrected chi connectivity index (χ0v) is 8.28.